The quantitative estimate of drug-likeness (QED) is 0.154. The van der Waals surface area contributed by atoms with Crippen molar-refractivity contribution >= 4 is 41.2 Å². The molecular weight excluding hydrogens is 542 g/mol. The number of aryl methyl sites for hydroxylation is 2. The van der Waals surface area contributed by atoms with Gasteiger partial charge >= 0.3 is 12.1 Å². The molecule has 13 heteroatoms. The molecule has 1 fully saturated rings. The lowest BCUT2D eigenvalue weighted by Gasteiger charge is -2.38. The zero-order valence-corrected chi connectivity index (χ0v) is 23.5. The first-order valence-electron chi connectivity index (χ1n) is 13.0. The third-order valence-corrected chi connectivity index (χ3v) is 6.87. The molecule has 3 aromatic carbocycles. The number of nitrogens with zero attached hydrogens (tertiary/aromatic N) is 5. The number of amides is 5. The molecule has 5 amide bonds. The van der Waals surface area contributed by atoms with Crippen molar-refractivity contribution in [1.29, 1.82) is 0 Å². The van der Waals surface area contributed by atoms with E-state index in [4.69, 9.17) is 0 Å². The number of urea groups is 2. The fourth-order valence-corrected chi connectivity index (χ4v) is 4.54. The van der Waals surface area contributed by atoms with Crippen molar-refractivity contribution in [3.63, 3.8) is 0 Å². The molecule has 0 aliphatic carbocycles. The minimum Gasteiger partial charge on any atom is -0.306 e. The van der Waals surface area contributed by atoms with E-state index in [0.717, 1.165) is 11.1 Å². The molecule has 42 heavy (non-hydrogen) atoms. The van der Waals surface area contributed by atoms with E-state index in [2.05, 4.69) is 15.8 Å². The molecule has 3 N–H and O–H groups in total. The summed E-state index contributed by atoms with van der Waals surface area (Å²) >= 11 is 0. The van der Waals surface area contributed by atoms with Gasteiger partial charge in [-0.2, -0.15) is 10.2 Å². The number of nitrogens with one attached hydrogen (secondary N) is 2. The summed E-state index contributed by atoms with van der Waals surface area (Å²) in [5.41, 5.74) is 4.35. The monoisotopic (exact) mass is 573 g/mol. The number of anilines is 2. The summed E-state index contributed by atoms with van der Waals surface area (Å²) in [6.45, 7) is 6.63. The number of hydrogen-bond donors (Lipinski definition) is 3. The van der Waals surface area contributed by atoms with E-state index in [0.29, 0.717) is 22.0 Å². The van der Waals surface area contributed by atoms with Crippen molar-refractivity contribution in [1.82, 2.24) is 15.4 Å². The number of carbonyl (C=O) groups is 3. The van der Waals surface area contributed by atoms with Crippen molar-refractivity contribution in [2.24, 2.45) is 5.10 Å². The topological polar surface area (TPSA) is 161 Å². The molecule has 1 aliphatic heterocycles. The van der Waals surface area contributed by atoms with Gasteiger partial charge < -0.3 is 10.2 Å². The third kappa shape index (κ3) is 6.36. The summed E-state index contributed by atoms with van der Waals surface area (Å²) in [7, 11) is 0. The van der Waals surface area contributed by atoms with Crippen molar-refractivity contribution in [3.05, 3.63) is 99.6 Å². The number of carbonyl (C=O) groups excluding carboxylic acids is 3. The second-order valence-corrected chi connectivity index (χ2v) is 10.4. The lowest BCUT2D eigenvalue weighted by Crippen LogP contribution is -2.58. The maximum atomic E-state index is 13.8. The van der Waals surface area contributed by atoms with Crippen LogP contribution >= 0.6 is 0 Å². The van der Waals surface area contributed by atoms with Crippen LogP contribution in [0.25, 0.3) is 0 Å². The Morgan fingerprint density at radius 1 is 1.02 bits per heavy atom. The predicted molar refractivity (Wildman–Crippen MR) is 156 cm³/mol. The zero-order chi connectivity index (χ0) is 30.6. The van der Waals surface area contributed by atoms with Crippen LogP contribution in [0.2, 0.25) is 0 Å². The van der Waals surface area contributed by atoms with Crippen LogP contribution in [0.15, 0.2) is 77.9 Å². The molecule has 0 bridgehead atoms. The second-order valence-electron chi connectivity index (χ2n) is 10.4. The Bertz CT molecular complexity index is 1500. The van der Waals surface area contributed by atoms with E-state index >= 15 is 0 Å². The Hall–Kier alpha value is -5.30. The van der Waals surface area contributed by atoms with Gasteiger partial charge in [0.05, 0.1) is 16.7 Å². The normalized spacial score (nSPS) is 16.0. The van der Waals surface area contributed by atoms with E-state index < -0.39 is 41.1 Å². The smallest absolute Gasteiger partial charge is 0.306 e. The summed E-state index contributed by atoms with van der Waals surface area (Å²) in [6.07, 6.45) is 0.0970. The molecule has 4 rings (SSSR count). The average molecular weight is 574 g/mol. The molecule has 1 aliphatic rings. The lowest BCUT2D eigenvalue weighted by molar-refractivity contribution is -0.384. The first kappa shape index (κ1) is 29.7. The first-order chi connectivity index (χ1) is 19.9. The summed E-state index contributed by atoms with van der Waals surface area (Å²) in [4.78, 5) is 52.6. The van der Waals surface area contributed by atoms with Crippen molar-refractivity contribution < 1.29 is 24.5 Å². The molecule has 0 radical (unpaired) electrons. The highest BCUT2D eigenvalue weighted by atomic mass is 16.6. The zero-order valence-electron chi connectivity index (χ0n) is 23.5. The Kier molecular flexibility index (Phi) is 8.52. The largest absolute Gasteiger partial charge is 0.347 e. The average Bonchev–Trinajstić information content (AvgIpc) is 3.14. The van der Waals surface area contributed by atoms with Gasteiger partial charge in [0, 0.05) is 23.5 Å². The Morgan fingerprint density at radius 2 is 1.60 bits per heavy atom. The van der Waals surface area contributed by atoms with Gasteiger partial charge in [-0.3, -0.25) is 25.0 Å². The maximum Gasteiger partial charge on any atom is 0.347 e. The van der Waals surface area contributed by atoms with Gasteiger partial charge in [0.1, 0.15) is 6.54 Å². The van der Waals surface area contributed by atoms with Gasteiger partial charge in [-0.15, -0.1) is 0 Å². The van der Waals surface area contributed by atoms with E-state index in [1.165, 1.54) is 40.3 Å². The summed E-state index contributed by atoms with van der Waals surface area (Å²) in [5.74, 6) is -0.632. The van der Waals surface area contributed by atoms with Crippen LogP contribution < -0.4 is 15.6 Å². The number of rotatable bonds is 8. The van der Waals surface area contributed by atoms with Crippen molar-refractivity contribution in [2.45, 2.75) is 39.4 Å². The minimum absolute atomic E-state index is 0.0795. The lowest BCUT2D eigenvalue weighted by atomic mass is 9.99. The Labute approximate surface area is 242 Å². The van der Waals surface area contributed by atoms with Gasteiger partial charge in [0.2, 0.25) is 0 Å². The van der Waals surface area contributed by atoms with Crippen LogP contribution in [0.5, 0.6) is 0 Å². The van der Waals surface area contributed by atoms with Crippen LogP contribution in [-0.2, 0) is 4.79 Å². The number of hydrazone groups is 1. The van der Waals surface area contributed by atoms with Crippen LogP contribution in [0, 0.1) is 24.0 Å². The third-order valence-electron chi connectivity index (χ3n) is 6.87. The highest BCUT2D eigenvalue weighted by Crippen LogP contribution is 2.38. The summed E-state index contributed by atoms with van der Waals surface area (Å²) in [6, 6.07) is 18.1. The maximum absolute atomic E-state index is 13.8. The van der Waals surface area contributed by atoms with Crippen molar-refractivity contribution in [2.75, 3.05) is 16.8 Å². The number of hydrogen-bond acceptors (Lipinski definition) is 7. The number of nitro groups is 1. The van der Waals surface area contributed by atoms with E-state index in [1.807, 2.05) is 26.0 Å². The SMILES string of the molecule is Cc1ccc(NC(=O)N(O)C2N(c3ccc(C)cc3)C(=O)N(CC(=O)N/N=C\c3ccc([N+](=O)[O-])cc3)C2(C)C)cc1. The molecule has 13 nitrogen and oxygen atoms in total. The highest BCUT2D eigenvalue weighted by molar-refractivity contribution is 6.00. The minimum atomic E-state index is -1.25. The molecule has 1 unspecified atom stereocenters. The van der Waals surface area contributed by atoms with Gasteiger partial charge in [-0.05, 0) is 69.7 Å². The van der Waals surface area contributed by atoms with Gasteiger partial charge in [0.25, 0.3) is 11.6 Å². The van der Waals surface area contributed by atoms with Gasteiger partial charge in [0.15, 0.2) is 6.17 Å². The molecule has 1 atom stereocenters. The van der Waals surface area contributed by atoms with E-state index in [1.54, 1.807) is 50.2 Å². The molecule has 0 saturated carbocycles. The molecule has 0 spiro atoms. The number of benzene rings is 3. The summed E-state index contributed by atoms with van der Waals surface area (Å²) < 4.78 is 0. The molecule has 1 heterocycles. The van der Waals surface area contributed by atoms with Gasteiger partial charge in [-0.25, -0.2) is 15.0 Å². The standard InChI is InChI=1S/C29H31N7O6/c1-19-5-11-22(12-6-19)31-27(38)35(40)26-29(3,4)33(28(39)34(26)23-13-7-20(2)8-14-23)18-25(37)32-30-17-21-9-15-24(16-10-21)36(41)42/h5-17,26,40H,18H2,1-4H3,(H,31,38)(H,32,37)/b30-17-. The Morgan fingerprint density at radius 3 is 2.17 bits per heavy atom. The molecule has 0 aromatic heterocycles. The molecule has 1 saturated heterocycles. The van der Waals surface area contributed by atoms with Crippen molar-refractivity contribution in [3.8, 4) is 0 Å². The molecule has 3 aromatic rings. The predicted octanol–water partition coefficient (Wildman–Crippen LogP) is 4.63. The fraction of sp³-hybridized carbons (Fsp3) is 0.241. The van der Waals surface area contributed by atoms with Crippen LogP contribution in [0.4, 0.5) is 26.7 Å². The van der Waals surface area contributed by atoms with Crippen LogP contribution in [0.1, 0.15) is 30.5 Å². The number of hydroxylamine groups is 2. The number of non-ortho nitro benzene ring substituents is 1. The van der Waals surface area contributed by atoms with E-state index in [9.17, 15) is 29.7 Å². The summed E-state index contributed by atoms with van der Waals surface area (Å²) in [5, 5.41) is 29.0. The first-order valence-corrected chi connectivity index (χ1v) is 13.0. The molecule has 218 valence electrons. The number of nitro benzene ring substituents is 1. The van der Waals surface area contributed by atoms with Crippen LogP contribution in [-0.4, -0.2) is 62.5 Å². The Balaban J connectivity index is 1.55. The molecular formula is C29H31N7O6. The van der Waals surface area contributed by atoms with Crippen LogP contribution in [0.3, 0.4) is 0 Å². The van der Waals surface area contributed by atoms with E-state index in [-0.39, 0.29) is 5.69 Å². The fourth-order valence-electron chi connectivity index (χ4n) is 4.54. The second kappa shape index (κ2) is 12.1. The highest BCUT2D eigenvalue weighted by Gasteiger charge is 2.56. The van der Waals surface area contributed by atoms with Gasteiger partial charge in [-0.1, -0.05) is 35.4 Å².